The third kappa shape index (κ3) is 2.34. The number of aryl methyl sites for hydroxylation is 2. The van der Waals surface area contributed by atoms with Crippen molar-refractivity contribution in [2.45, 2.75) is 26.3 Å². The summed E-state index contributed by atoms with van der Waals surface area (Å²) in [4.78, 5) is 15.9. The summed E-state index contributed by atoms with van der Waals surface area (Å²) in [6.45, 7) is 5.45. The SMILES string of the molecule is Cc1cc(C)cc(N2CC(CCN)N(C)C2=O)c1. The van der Waals surface area contributed by atoms with E-state index in [9.17, 15) is 4.79 Å². The average Bonchev–Trinajstić information content (AvgIpc) is 2.57. The van der Waals surface area contributed by atoms with Crippen molar-refractivity contribution in [1.82, 2.24) is 4.90 Å². The summed E-state index contributed by atoms with van der Waals surface area (Å²) in [5, 5.41) is 0. The predicted molar refractivity (Wildman–Crippen MR) is 73.9 cm³/mol. The summed E-state index contributed by atoms with van der Waals surface area (Å²) in [5.74, 6) is 0. The van der Waals surface area contributed by atoms with Crippen LogP contribution >= 0.6 is 0 Å². The Labute approximate surface area is 108 Å². The predicted octanol–water partition coefficient (Wildman–Crippen LogP) is 1.89. The Morgan fingerprint density at radius 2 is 1.89 bits per heavy atom. The minimum atomic E-state index is 0.0680. The fraction of sp³-hybridized carbons (Fsp3) is 0.500. The fourth-order valence-corrected chi connectivity index (χ4v) is 2.56. The van der Waals surface area contributed by atoms with E-state index in [1.165, 1.54) is 11.1 Å². The topological polar surface area (TPSA) is 49.6 Å². The lowest BCUT2D eigenvalue weighted by atomic mass is 10.1. The van der Waals surface area contributed by atoms with Crippen molar-refractivity contribution in [2.75, 3.05) is 25.0 Å². The zero-order valence-electron chi connectivity index (χ0n) is 11.3. The molecule has 4 nitrogen and oxygen atoms in total. The first-order valence-electron chi connectivity index (χ1n) is 6.35. The molecule has 1 unspecified atom stereocenters. The van der Waals surface area contributed by atoms with Crippen LogP contribution in [0.1, 0.15) is 17.5 Å². The number of carbonyl (C=O) groups is 1. The van der Waals surface area contributed by atoms with Crippen LogP contribution in [0.4, 0.5) is 10.5 Å². The largest absolute Gasteiger partial charge is 0.330 e. The van der Waals surface area contributed by atoms with Crippen LogP contribution in [0.25, 0.3) is 0 Å². The van der Waals surface area contributed by atoms with E-state index < -0.39 is 0 Å². The second-order valence-electron chi connectivity index (χ2n) is 5.08. The zero-order valence-corrected chi connectivity index (χ0v) is 11.3. The monoisotopic (exact) mass is 247 g/mol. The normalized spacial score (nSPS) is 19.8. The zero-order chi connectivity index (χ0) is 13.3. The molecule has 1 aliphatic heterocycles. The van der Waals surface area contributed by atoms with Crippen LogP contribution in [0, 0.1) is 13.8 Å². The van der Waals surface area contributed by atoms with Gasteiger partial charge in [-0.05, 0) is 50.1 Å². The minimum absolute atomic E-state index is 0.0680. The summed E-state index contributed by atoms with van der Waals surface area (Å²) in [5.41, 5.74) is 8.95. The van der Waals surface area contributed by atoms with E-state index in [4.69, 9.17) is 5.73 Å². The van der Waals surface area contributed by atoms with Gasteiger partial charge >= 0.3 is 6.03 Å². The number of likely N-dealkylation sites (N-methyl/N-ethyl adjacent to an activating group) is 1. The van der Waals surface area contributed by atoms with Gasteiger partial charge in [-0.25, -0.2) is 4.79 Å². The van der Waals surface area contributed by atoms with E-state index in [0.717, 1.165) is 18.7 Å². The van der Waals surface area contributed by atoms with Crippen molar-refractivity contribution in [1.29, 1.82) is 0 Å². The van der Waals surface area contributed by atoms with Gasteiger partial charge in [0.1, 0.15) is 0 Å². The Morgan fingerprint density at radius 3 is 2.44 bits per heavy atom. The molecule has 1 aromatic carbocycles. The van der Waals surface area contributed by atoms with Gasteiger partial charge in [-0.1, -0.05) is 6.07 Å². The number of nitrogens with zero attached hydrogens (tertiary/aromatic N) is 2. The first kappa shape index (κ1) is 12.9. The highest BCUT2D eigenvalue weighted by atomic mass is 16.2. The van der Waals surface area contributed by atoms with Crippen molar-refractivity contribution >= 4 is 11.7 Å². The molecule has 98 valence electrons. The van der Waals surface area contributed by atoms with Gasteiger partial charge in [0.15, 0.2) is 0 Å². The van der Waals surface area contributed by atoms with Gasteiger partial charge in [-0.3, -0.25) is 4.90 Å². The Hall–Kier alpha value is -1.55. The molecule has 0 saturated carbocycles. The molecule has 1 saturated heterocycles. The Morgan fingerprint density at radius 1 is 1.28 bits per heavy atom. The molecule has 2 N–H and O–H groups in total. The van der Waals surface area contributed by atoms with Crippen molar-refractivity contribution in [3.63, 3.8) is 0 Å². The van der Waals surface area contributed by atoms with Gasteiger partial charge in [0.2, 0.25) is 0 Å². The maximum absolute atomic E-state index is 12.2. The molecule has 0 radical (unpaired) electrons. The molecule has 4 heteroatoms. The molecule has 1 heterocycles. The summed E-state index contributed by atoms with van der Waals surface area (Å²) < 4.78 is 0. The molecular formula is C14H21N3O. The number of nitrogens with two attached hydrogens (primary N) is 1. The van der Waals surface area contributed by atoms with E-state index in [-0.39, 0.29) is 12.1 Å². The molecule has 18 heavy (non-hydrogen) atoms. The molecule has 1 fully saturated rings. The lowest BCUT2D eigenvalue weighted by molar-refractivity contribution is 0.217. The number of urea groups is 1. The second kappa shape index (κ2) is 4.98. The highest BCUT2D eigenvalue weighted by molar-refractivity contribution is 5.94. The Balaban J connectivity index is 2.26. The third-order valence-corrected chi connectivity index (χ3v) is 3.49. The highest BCUT2D eigenvalue weighted by Gasteiger charge is 2.34. The number of hydrogen-bond acceptors (Lipinski definition) is 2. The minimum Gasteiger partial charge on any atom is -0.330 e. The van der Waals surface area contributed by atoms with Gasteiger partial charge in [0, 0.05) is 19.3 Å². The van der Waals surface area contributed by atoms with E-state index in [2.05, 4.69) is 32.0 Å². The Bertz CT molecular complexity index is 438. The highest BCUT2D eigenvalue weighted by Crippen LogP contribution is 2.25. The van der Waals surface area contributed by atoms with Crippen molar-refractivity contribution in [3.05, 3.63) is 29.3 Å². The van der Waals surface area contributed by atoms with Gasteiger partial charge in [0.25, 0.3) is 0 Å². The van der Waals surface area contributed by atoms with E-state index >= 15 is 0 Å². The molecular weight excluding hydrogens is 226 g/mol. The van der Waals surface area contributed by atoms with Crippen LogP contribution in [0.2, 0.25) is 0 Å². The third-order valence-electron chi connectivity index (χ3n) is 3.49. The van der Waals surface area contributed by atoms with Gasteiger partial charge in [-0.15, -0.1) is 0 Å². The standard InChI is InChI=1S/C14H21N3O/c1-10-6-11(2)8-13(7-10)17-9-12(4-5-15)16(3)14(17)18/h6-8,12H,4-5,9,15H2,1-3H3. The average molecular weight is 247 g/mol. The number of anilines is 1. The van der Waals surface area contributed by atoms with Gasteiger partial charge in [0.05, 0.1) is 6.04 Å². The number of amides is 2. The summed E-state index contributed by atoms with van der Waals surface area (Å²) in [6.07, 6.45) is 0.851. The first-order valence-corrected chi connectivity index (χ1v) is 6.35. The molecule has 0 aliphatic carbocycles. The molecule has 1 aliphatic rings. The number of rotatable bonds is 3. The van der Waals surface area contributed by atoms with Crippen molar-refractivity contribution < 1.29 is 4.79 Å². The van der Waals surface area contributed by atoms with Crippen LogP contribution < -0.4 is 10.6 Å². The number of benzene rings is 1. The molecule has 2 amide bonds. The number of carbonyl (C=O) groups excluding carboxylic acids is 1. The molecule has 0 bridgehead atoms. The fourth-order valence-electron chi connectivity index (χ4n) is 2.56. The summed E-state index contributed by atoms with van der Waals surface area (Å²) in [6, 6.07) is 6.53. The lowest BCUT2D eigenvalue weighted by Crippen LogP contribution is -2.32. The quantitative estimate of drug-likeness (QED) is 0.886. The Kier molecular flexibility index (Phi) is 3.57. The van der Waals surface area contributed by atoms with E-state index in [1.54, 1.807) is 4.90 Å². The molecule has 0 spiro atoms. The van der Waals surface area contributed by atoms with Crippen molar-refractivity contribution in [3.8, 4) is 0 Å². The second-order valence-corrected chi connectivity index (χ2v) is 5.08. The van der Waals surface area contributed by atoms with Crippen LogP contribution in [-0.2, 0) is 0 Å². The van der Waals surface area contributed by atoms with E-state index in [1.807, 2.05) is 11.9 Å². The molecule has 0 aromatic heterocycles. The van der Waals surface area contributed by atoms with Crippen LogP contribution in [0.5, 0.6) is 0 Å². The molecule has 1 aromatic rings. The first-order chi connectivity index (χ1) is 8.52. The smallest absolute Gasteiger partial charge is 0.324 e. The summed E-state index contributed by atoms with van der Waals surface area (Å²) in [7, 11) is 1.85. The van der Waals surface area contributed by atoms with Gasteiger partial charge in [-0.2, -0.15) is 0 Å². The van der Waals surface area contributed by atoms with Gasteiger partial charge < -0.3 is 10.6 Å². The van der Waals surface area contributed by atoms with Crippen molar-refractivity contribution in [2.24, 2.45) is 5.73 Å². The van der Waals surface area contributed by atoms with Crippen LogP contribution in [0.15, 0.2) is 18.2 Å². The molecule has 1 atom stereocenters. The lowest BCUT2D eigenvalue weighted by Gasteiger charge is -2.17. The van der Waals surface area contributed by atoms with Crippen LogP contribution in [-0.4, -0.2) is 37.1 Å². The maximum atomic E-state index is 12.2. The molecule has 2 rings (SSSR count). The number of hydrogen-bond donors (Lipinski definition) is 1. The van der Waals surface area contributed by atoms with E-state index in [0.29, 0.717) is 6.54 Å². The summed E-state index contributed by atoms with van der Waals surface area (Å²) >= 11 is 0. The van der Waals surface area contributed by atoms with Crippen LogP contribution in [0.3, 0.4) is 0 Å². The maximum Gasteiger partial charge on any atom is 0.324 e.